The number of likely N-dealkylation sites (tertiary alicyclic amines) is 1. The Hall–Kier alpha value is -1.56. The number of aromatic nitrogens is 2. The van der Waals surface area contributed by atoms with E-state index in [4.69, 9.17) is 16.3 Å². The molecule has 2 heterocycles. The minimum Gasteiger partial charge on any atom is -0.471 e. The average Bonchev–Trinajstić information content (AvgIpc) is 2.47. The Morgan fingerprint density at radius 1 is 1.50 bits per heavy atom. The van der Waals surface area contributed by atoms with E-state index in [0.29, 0.717) is 12.4 Å². The van der Waals surface area contributed by atoms with Gasteiger partial charge in [-0.15, -0.1) is 21.8 Å². The summed E-state index contributed by atoms with van der Waals surface area (Å²) in [5, 5.41) is 8.10. The van der Waals surface area contributed by atoms with Crippen molar-refractivity contribution < 1.29 is 9.53 Å². The zero-order valence-electron chi connectivity index (χ0n) is 11.8. The first kappa shape index (κ1) is 14.8. The van der Waals surface area contributed by atoms with Gasteiger partial charge >= 0.3 is 0 Å². The van der Waals surface area contributed by atoms with Crippen molar-refractivity contribution in [3.05, 3.63) is 12.1 Å². The van der Waals surface area contributed by atoms with Gasteiger partial charge in [-0.2, -0.15) is 0 Å². The van der Waals surface area contributed by atoms with Crippen LogP contribution in [0.2, 0.25) is 0 Å². The zero-order valence-corrected chi connectivity index (χ0v) is 12.5. The summed E-state index contributed by atoms with van der Waals surface area (Å²) in [5.41, 5.74) is 0. The van der Waals surface area contributed by atoms with E-state index < -0.39 is 0 Å². The van der Waals surface area contributed by atoms with E-state index in [-0.39, 0.29) is 17.9 Å². The topological polar surface area (TPSA) is 58.6 Å². The molecule has 1 amide bonds. The van der Waals surface area contributed by atoms with Gasteiger partial charge in [0.15, 0.2) is 5.82 Å². The molecule has 1 fully saturated rings. The van der Waals surface area contributed by atoms with Gasteiger partial charge in [0.05, 0.1) is 6.54 Å². The summed E-state index contributed by atoms with van der Waals surface area (Å²) in [6, 6.07) is 3.65. The predicted octanol–water partition coefficient (Wildman–Crippen LogP) is 1.15. The van der Waals surface area contributed by atoms with Gasteiger partial charge < -0.3 is 14.5 Å². The second-order valence-corrected chi connectivity index (χ2v) is 5.25. The summed E-state index contributed by atoms with van der Waals surface area (Å²) in [7, 11) is 3.81. The van der Waals surface area contributed by atoms with Crippen LogP contribution >= 0.6 is 11.6 Å². The molecule has 1 aromatic rings. The number of nitrogens with zero attached hydrogens (tertiary/aromatic N) is 4. The van der Waals surface area contributed by atoms with Crippen molar-refractivity contribution in [2.24, 2.45) is 0 Å². The van der Waals surface area contributed by atoms with Crippen molar-refractivity contribution in [3.8, 4) is 5.88 Å². The van der Waals surface area contributed by atoms with Crippen molar-refractivity contribution in [1.29, 1.82) is 0 Å². The number of piperidine rings is 1. The lowest BCUT2D eigenvalue weighted by Gasteiger charge is -2.32. The fourth-order valence-corrected chi connectivity index (χ4v) is 2.30. The van der Waals surface area contributed by atoms with Gasteiger partial charge in [-0.05, 0) is 18.9 Å². The molecule has 1 saturated heterocycles. The van der Waals surface area contributed by atoms with Crippen molar-refractivity contribution in [3.63, 3.8) is 0 Å². The molecule has 2 rings (SSSR count). The fraction of sp³-hybridized carbons (Fsp3) is 0.615. The molecule has 1 atom stereocenters. The highest BCUT2D eigenvalue weighted by atomic mass is 35.5. The molecule has 0 aromatic carbocycles. The van der Waals surface area contributed by atoms with E-state index >= 15 is 0 Å². The number of amides is 1. The van der Waals surface area contributed by atoms with Crippen molar-refractivity contribution in [2.45, 2.75) is 18.9 Å². The first-order valence-corrected chi connectivity index (χ1v) is 7.15. The van der Waals surface area contributed by atoms with E-state index in [2.05, 4.69) is 10.2 Å². The number of carbonyl (C=O) groups is 1. The smallest absolute Gasteiger partial charge is 0.237 e. The van der Waals surface area contributed by atoms with Crippen LogP contribution in [0.1, 0.15) is 12.8 Å². The van der Waals surface area contributed by atoms with Crippen LogP contribution in [0.5, 0.6) is 5.88 Å². The molecule has 0 bridgehead atoms. The summed E-state index contributed by atoms with van der Waals surface area (Å²) >= 11 is 5.58. The van der Waals surface area contributed by atoms with Gasteiger partial charge in [-0.25, -0.2) is 0 Å². The number of hydrogen-bond donors (Lipinski definition) is 0. The van der Waals surface area contributed by atoms with Gasteiger partial charge in [0.25, 0.3) is 0 Å². The second-order valence-electron chi connectivity index (χ2n) is 4.98. The summed E-state index contributed by atoms with van der Waals surface area (Å²) in [5.74, 6) is 1.24. The number of alkyl halides is 1. The second kappa shape index (κ2) is 6.74. The molecule has 0 N–H and O–H groups in total. The molecule has 7 heteroatoms. The van der Waals surface area contributed by atoms with Crippen molar-refractivity contribution in [1.82, 2.24) is 15.1 Å². The Kier molecular flexibility index (Phi) is 5.00. The largest absolute Gasteiger partial charge is 0.471 e. The monoisotopic (exact) mass is 298 g/mol. The number of rotatable bonds is 4. The summed E-state index contributed by atoms with van der Waals surface area (Å²) in [6.07, 6.45) is 1.77. The molecule has 0 saturated carbocycles. The Morgan fingerprint density at radius 2 is 2.30 bits per heavy atom. The molecule has 1 aromatic heterocycles. The fourth-order valence-electron chi connectivity index (χ4n) is 2.13. The predicted molar refractivity (Wildman–Crippen MR) is 77.3 cm³/mol. The Labute approximate surface area is 123 Å². The molecule has 1 aliphatic rings. The molecule has 20 heavy (non-hydrogen) atoms. The van der Waals surface area contributed by atoms with Crippen LogP contribution in [0.15, 0.2) is 12.1 Å². The number of halogens is 1. The normalized spacial score (nSPS) is 18.8. The van der Waals surface area contributed by atoms with Crippen LogP contribution in [0.4, 0.5) is 5.82 Å². The zero-order chi connectivity index (χ0) is 14.5. The van der Waals surface area contributed by atoms with Crippen LogP contribution in [0.25, 0.3) is 0 Å². The van der Waals surface area contributed by atoms with Crippen LogP contribution in [-0.4, -0.2) is 60.2 Å². The lowest BCUT2D eigenvalue weighted by molar-refractivity contribution is -0.131. The third-order valence-electron chi connectivity index (χ3n) is 3.22. The van der Waals surface area contributed by atoms with Crippen LogP contribution in [-0.2, 0) is 4.79 Å². The molecule has 0 radical (unpaired) electrons. The number of carbonyl (C=O) groups excluding carboxylic acids is 1. The van der Waals surface area contributed by atoms with Gasteiger partial charge in [0.2, 0.25) is 11.8 Å². The third-order valence-corrected chi connectivity index (χ3v) is 3.45. The maximum absolute atomic E-state index is 11.6. The maximum Gasteiger partial charge on any atom is 0.237 e. The summed E-state index contributed by atoms with van der Waals surface area (Å²) in [6.45, 7) is 1.30. The van der Waals surface area contributed by atoms with Crippen molar-refractivity contribution >= 4 is 23.3 Å². The minimum absolute atomic E-state index is 0.0179. The van der Waals surface area contributed by atoms with Crippen LogP contribution in [0, 0.1) is 0 Å². The van der Waals surface area contributed by atoms with E-state index in [1.807, 2.05) is 25.1 Å². The molecule has 6 nitrogen and oxygen atoms in total. The lowest BCUT2D eigenvalue weighted by atomic mass is 10.1. The number of hydrogen-bond acceptors (Lipinski definition) is 5. The minimum atomic E-state index is -0.0472. The SMILES string of the molecule is CN(C)c1ccc(OC2CCCN(C(=O)CCl)C2)nn1. The summed E-state index contributed by atoms with van der Waals surface area (Å²) in [4.78, 5) is 15.2. The van der Waals surface area contributed by atoms with Gasteiger partial charge in [0, 0.05) is 26.7 Å². The third kappa shape index (κ3) is 3.72. The maximum atomic E-state index is 11.6. The van der Waals surface area contributed by atoms with Gasteiger partial charge in [-0.1, -0.05) is 0 Å². The van der Waals surface area contributed by atoms with Gasteiger partial charge in [0.1, 0.15) is 12.0 Å². The molecule has 0 spiro atoms. The van der Waals surface area contributed by atoms with E-state index in [9.17, 15) is 4.79 Å². The molecular formula is C13H19ClN4O2. The van der Waals surface area contributed by atoms with Crippen LogP contribution in [0.3, 0.4) is 0 Å². The Balaban J connectivity index is 1.94. The van der Waals surface area contributed by atoms with E-state index in [1.54, 1.807) is 11.0 Å². The molecule has 1 aliphatic heterocycles. The average molecular weight is 299 g/mol. The van der Waals surface area contributed by atoms with Crippen LogP contribution < -0.4 is 9.64 Å². The number of anilines is 1. The first-order chi connectivity index (χ1) is 9.60. The standard InChI is InChI=1S/C13H19ClN4O2/c1-17(2)11-5-6-12(16-15-11)20-10-4-3-7-18(9-10)13(19)8-14/h5-6,10H,3-4,7-9H2,1-2H3. The number of ether oxygens (including phenoxy) is 1. The van der Waals surface area contributed by atoms with Crippen molar-refractivity contribution in [2.75, 3.05) is 38.0 Å². The lowest BCUT2D eigenvalue weighted by Crippen LogP contribution is -2.45. The quantitative estimate of drug-likeness (QED) is 0.781. The highest BCUT2D eigenvalue weighted by molar-refractivity contribution is 6.27. The summed E-state index contributed by atoms with van der Waals surface area (Å²) < 4.78 is 5.79. The Bertz CT molecular complexity index is 452. The highest BCUT2D eigenvalue weighted by Crippen LogP contribution is 2.17. The molecule has 1 unspecified atom stereocenters. The molecule has 110 valence electrons. The molecular weight excluding hydrogens is 280 g/mol. The van der Waals surface area contributed by atoms with E-state index in [0.717, 1.165) is 25.2 Å². The Morgan fingerprint density at radius 3 is 2.90 bits per heavy atom. The van der Waals surface area contributed by atoms with Gasteiger partial charge in [-0.3, -0.25) is 4.79 Å². The highest BCUT2D eigenvalue weighted by Gasteiger charge is 2.24. The van der Waals surface area contributed by atoms with E-state index in [1.165, 1.54) is 0 Å². The molecule has 0 aliphatic carbocycles. The first-order valence-electron chi connectivity index (χ1n) is 6.61.